The van der Waals surface area contributed by atoms with Crippen molar-refractivity contribution in [3.8, 4) is 0 Å². The second kappa shape index (κ2) is 11.6. The van der Waals surface area contributed by atoms with Crippen LogP contribution >= 0.6 is 0 Å². The highest BCUT2D eigenvalue weighted by Gasteiger charge is 2.50. The van der Waals surface area contributed by atoms with Crippen LogP contribution in [0.15, 0.2) is 182 Å². The number of rotatable bonds is 0. The topological polar surface area (TPSA) is 19.4 Å². The van der Waals surface area contributed by atoms with Gasteiger partial charge in [0, 0.05) is 22.6 Å². The standard InChI is InChI=1S/C55H40N6/c1-4-16-40-34(13-1)25-37-28-43(40)53-56-31-58(48-21-9-7-19-46(48)56)54-44-29-38(26-35-14-2-5-17-41(35)44)52(37)39-27-36-15-3-6-18-42(36)45(30-39)55(59-32-57(53)47-20-8-10-22-49(47)59)61-33-60(54)50-23-11-12-24-51(50)61/h1-30,52-55H,31-33H2. The SMILES string of the molecule is c1ccc2c(c1)N1CN2C2c3cc(cc4ccccc34)C3c4cc(c5ccccc5c4)C1N1CN(c4ccccc41)C(c1cc3cc3ccccc13)N1CN2c2ccccc21. The Morgan fingerprint density at radius 2 is 0.525 bits per heavy atom. The predicted octanol–water partition coefficient (Wildman–Crippen LogP) is 12.2. The van der Waals surface area contributed by atoms with Crippen LogP contribution < -0.4 is 29.4 Å². The lowest BCUT2D eigenvalue weighted by Crippen LogP contribution is -2.52. The van der Waals surface area contributed by atoms with Crippen molar-refractivity contribution < 1.29 is 0 Å². The van der Waals surface area contributed by atoms with E-state index >= 15 is 0 Å². The molecule has 0 radical (unpaired) electrons. The zero-order valence-electron chi connectivity index (χ0n) is 33.4. The lowest BCUT2D eigenvalue weighted by Gasteiger charge is -2.45. The van der Waals surface area contributed by atoms with Gasteiger partial charge >= 0.3 is 0 Å². The molecule has 6 aliphatic rings. The lowest BCUT2D eigenvalue weighted by atomic mass is 9.79. The molecular weight excluding hydrogens is 745 g/mol. The van der Waals surface area contributed by atoms with E-state index in [0.29, 0.717) is 0 Å². The van der Waals surface area contributed by atoms with E-state index in [0.717, 1.165) is 20.0 Å². The van der Waals surface area contributed by atoms with Gasteiger partial charge in [0.2, 0.25) is 0 Å². The highest BCUT2D eigenvalue weighted by Crippen LogP contribution is 2.58. The molecule has 0 fully saturated rings. The quantitative estimate of drug-likeness (QED) is 0.151. The van der Waals surface area contributed by atoms with Gasteiger partial charge < -0.3 is 29.4 Å². The van der Waals surface area contributed by atoms with Crippen LogP contribution in [0.4, 0.5) is 34.1 Å². The Morgan fingerprint density at radius 3 is 0.803 bits per heavy atom. The van der Waals surface area contributed by atoms with Crippen molar-refractivity contribution in [2.75, 3.05) is 49.4 Å². The largest absolute Gasteiger partial charge is 0.327 e. The van der Waals surface area contributed by atoms with E-state index in [4.69, 9.17) is 0 Å². The Labute approximate surface area is 354 Å². The molecular formula is C55H40N6. The zero-order valence-corrected chi connectivity index (χ0v) is 33.4. The fourth-order valence-electron chi connectivity index (χ4n) is 12.4. The highest BCUT2D eigenvalue weighted by atomic mass is 15.6. The summed E-state index contributed by atoms with van der Waals surface area (Å²) in [5.74, 6) is -0.0321. The van der Waals surface area contributed by atoms with E-state index in [9.17, 15) is 0 Å². The van der Waals surface area contributed by atoms with Crippen LogP contribution in [0.3, 0.4) is 0 Å². The Hall–Kier alpha value is -7.44. The molecule has 6 aliphatic heterocycles. The van der Waals surface area contributed by atoms with Gasteiger partial charge in [-0.3, -0.25) is 0 Å². The molecule has 0 saturated carbocycles. The Kier molecular flexibility index (Phi) is 6.19. The zero-order chi connectivity index (χ0) is 39.5. The molecule has 0 N–H and O–H groups in total. The molecule has 6 heterocycles. The molecule has 0 aromatic heterocycles. The number of para-hydroxylation sites is 6. The summed E-state index contributed by atoms with van der Waals surface area (Å²) in [5, 5.41) is 7.73. The Morgan fingerprint density at radius 1 is 0.279 bits per heavy atom. The Balaban J connectivity index is 1.21. The second-order valence-electron chi connectivity index (χ2n) is 17.8. The van der Waals surface area contributed by atoms with Gasteiger partial charge in [0.25, 0.3) is 0 Å². The van der Waals surface area contributed by atoms with E-state index in [1.807, 2.05) is 0 Å². The lowest BCUT2D eigenvalue weighted by molar-refractivity contribution is 0.503. The molecule has 6 nitrogen and oxygen atoms in total. The molecule has 0 spiro atoms. The van der Waals surface area contributed by atoms with Crippen molar-refractivity contribution in [3.05, 3.63) is 215 Å². The van der Waals surface area contributed by atoms with Gasteiger partial charge in [-0.25, -0.2) is 0 Å². The highest BCUT2D eigenvalue weighted by molar-refractivity contribution is 5.96. The van der Waals surface area contributed by atoms with Crippen LogP contribution in [-0.4, -0.2) is 20.0 Å². The van der Waals surface area contributed by atoms with E-state index < -0.39 is 0 Å². The van der Waals surface area contributed by atoms with Crippen molar-refractivity contribution in [2.24, 2.45) is 0 Å². The summed E-state index contributed by atoms with van der Waals surface area (Å²) in [5.41, 5.74) is 15.6. The first kappa shape index (κ1) is 32.4. The van der Waals surface area contributed by atoms with Crippen molar-refractivity contribution in [2.45, 2.75) is 24.4 Å². The number of benzene rings is 9. The maximum atomic E-state index is 2.73. The molecule has 61 heavy (non-hydrogen) atoms. The number of nitrogens with zero attached hydrogens (tertiary/aromatic N) is 6. The van der Waals surface area contributed by atoms with Gasteiger partial charge in [0.1, 0.15) is 18.5 Å². The maximum Gasteiger partial charge on any atom is 0.132 e. The molecule has 0 unspecified atom stereocenters. The summed E-state index contributed by atoms with van der Waals surface area (Å²) in [6.45, 7) is 2.17. The molecule has 16 bridgehead atoms. The fraction of sp³-hybridized carbons (Fsp3) is 0.127. The minimum Gasteiger partial charge on any atom is -0.327 e. The average Bonchev–Trinajstić information content (AvgIpc) is 3.99. The molecule has 0 atom stereocenters. The molecule has 0 amide bonds. The molecule has 6 heteroatoms. The summed E-state index contributed by atoms with van der Waals surface area (Å²) < 4.78 is 0. The number of anilines is 6. The number of fused-ring (bicyclic) bond motifs is 24. The molecule has 0 aliphatic carbocycles. The average molecular weight is 785 g/mol. The molecule has 15 rings (SSSR count). The van der Waals surface area contributed by atoms with E-state index in [2.05, 4.69) is 211 Å². The smallest absolute Gasteiger partial charge is 0.132 e. The number of hydrogen-bond donors (Lipinski definition) is 0. The first-order valence-electron chi connectivity index (χ1n) is 21.7. The minimum atomic E-state index is -0.113. The first-order chi connectivity index (χ1) is 30.2. The molecule has 9 aromatic carbocycles. The van der Waals surface area contributed by atoms with Crippen LogP contribution in [0.25, 0.3) is 32.3 Å². The van der Waals surface area contributed by atoms with Gasteiger partial charge in [0.15, 0.2) is 0 Å². The van der Waals surface area contributed by atoms with Crippen molar-refractivity contribution in [1.29, 1.82) is 0 Å². The third kappa shape index (κ3) is 4.21. The number of hydrogen-bond acceptors (Lipinski definition) is 6. The second-order valence-corrected chi connectivity index (χ2v) is 17.8. The van der Waals surface area contributed by atoms with E-state index in [1.165, 1.54) is 99.8 Å². The van der Waals surface area contributed by atoms with Gasteiger partial charge in [-0.15, -0.1) is 0 Å². The maximum absolute atomic E-state index is 2.73. The van der Waals surface area contributed by atoms with Crippen LogP contribution in [0, 0.1) is 0 Å². The van der Waals surface area contributed by atoms with Gasteiger partial charge in [-0.1, -0.05) is 146 Å². The minimum absolute atomic E-state index is 0.0321. The monoisotopic (exact) mass is 784 g/mol. The summed E-state index contributed by atoms with van der Waals surface area (Å²) in [7, 11) is 0. The summed E-state index contributed by atoms with van der Waals surface area (Å²) in [4.78, 5) is 16.4. The summed E-state index contributed by atoms with van der Waals surface area (Å²) in [6, 6.07) is 70.3. The third-order valence-electron chi connectivity index (χ3n) is 14.8. The predicted molar refractivity (Wildman–Crippen MR) is 250 cm³/mol. The molecule has 9 aromatic rings. The van der Waals surface area contributed by atoms with Gasteiger partial charge in [-0.05, 0) is 85.4 Å². The third-order valence-corrected chi connectivity index (χ3v) is 14.8. The van der Waals surface area contributed by atoms with Gasteiger partial charge in [-0.2, -0.15) is 0 Å². The van der Waals surface area contributed by atoms with E-state index in [1.54, 1.807) is 0 Å². The van der Waals surface area contributed by atoms with Crippen molar-refractivity contribution >= 4 is 66.4 Å². The van der Waals surface area contributed by atoms with Crippen LogP contribution in [0.2, 0.25) is 0 Å². The van der Waals surface area contributed by atoms with Crippen molar-refractivity contribution in [3.63, 3.8) is 0 Å². The van der Waals surface area contributed by atoms with E-state index in [-0.39, 0.29) is 24.4 Å². The molecule has 290 valence electrons. The normalized spacial score (nSPS) is 21.0. The van der Waals surface area contributed by atoms with Crippen molar-refractivity contribution in [1.82, 2.24) is 0 Å². The first-order valence-corrected chi connectivity index (χ1v) is 21.7. The summed E-state index contributed by atoms with van der Waals surface area (Å²) in [6.07, 6.45) is -0.340. The van der Waals surface area contributed by atoms with Crippen LogP contribution in [-0.2, 0) is 0 Å². The van der Waals surface area contributed by atoms with Crippen LogP contribution in [0.1, 0.15) is 57.8 Å². The van der Waals surface area contributed by atoms with Crippen LogP contribution in [0.5, 0.6) is 0 Å². The Bertz CT molecular complexity index is 2920. The fourth-order valence-corrected chi connectivity index (χ4v) is 12.4. The summed E-state index contributed by atoms with van der Waals surface area (Å²) >= 11 is 0. The molecule has 0 saturated heterocycles. The van der Waals surface area contributed by atoms with Gasteiger partial charge in [0.05, 0.1) is 54.1 Å².